The van der Waals surface area contributed by atoms with Crippen LogP contribution < -0.4 is 5.32 Å². The molecule has 0 spiro atoms. The average Bonchev–Trinajstić information content (AvgIpc) is 2.45. The number of imide groups is 1. The molecule has 2 fully saturated rings. The second-order valence-electron chi connectivity index (χ2n) is 7.98. The quantitative estimate of drug-likeness (QED) is 0.801. The van der Waals surface area contributed by atoms with Crippen LogP contribution in [0.5, 0.6) is 0 Å². The Kier molecular flexibility index (Phi) is 4.92. The van der Waals surface area contributed by atoms with Crippen molar-refractivity contribution in [3.8, 4) is 0 Å². The summed E-state index contributed by atoms with van der Waals surface area (Å²) >= 11 is 0. The molecule has 2 aliphatic rings. The van der Waals surface area contributed by atoms with Crippen molar-refractivity contribution in [2.45, 2.75) is 51.0 Å². The Morgan fingerprint density at radius 3 is 2.30 bits per heavy atom. The van der Waals surface area contributed by atoms with Gasteiger partial charge in [0.1, 0.15) is 17.2 Å². The summed E-state index contributed by atoms with van der Waals surface area (Å²) in [7, 11) is 0. The van der Waals surface area contributed by atoms with Gasteiger partial charge in [-0.1, -0.05) is 0 Å². The summed E-state index contributed by atoms with van der Waals surface area (Å²) in [4.78, 5) is 36.6. The van der Waals surface area contributed by atoms with Gasteiger partial charge in [0.25, 0.3) is 0 Å². The minimum atomic E-state index is -1.02. The summed E-state index contributed by atoms with van der Waals surface area (Å²) in [5.41, 5.74) is -0.489. The Morgan fingerprint density at radius 2 is 1.78 bits per heavy atom. The number of likely N-dealkylation sites (tertiary alicyclic amines) is 1. The van der Waals surface area contributed by atoms with Gasteiger partial charge in [-0.25, -0.2) is 13.6 Å². The Hall–Kier alpha value is -2.51. The van der Waals surface area contributed by atoms with Gasteiger partial charge in [-0.05, 0) is 44.9 Å². The van der Waals surface area contributed by atoms with Crippen LogP contribution in [-0.4, -0.2) is 41.5 Å². The molecule has 0 radical (unpaired) electrons. The molecular weight excluding hydrogens is 358 g/mol. The predicted molar refractivity (Wildman–Crippen MR) is 92.0 cm³/mol. The lowest BCUT2D eigenvalue weighted by atomic mass is 9.86. The van der Waals surface area contributed by atoms with Gasteiger partial charge < -0.3 is 9.64 Å². The molecule has 1 atom stereocenters. The van der Waals surface area contributed by atoms with Crippen LogP contribution in [-0.2, 0) is 14.3 Å². The maximum absolute atomic E-state index is 14.6. The van der Waals surface area contributed by atoms with E-state index in [1.54, 1.807) is 20.8 Å². The first-order chi connectivity index (χ1) is 12.5. The van der Waals surface area contributed by atoms with Crippen molar-refractivity contribution in [1.82, 2.24) is 10.2 Å². The van der Waals surface area contributed by atoms with E-state index in [1.165, 1.54) is 17.0 Å². The van der Waals surface area contributed by atoms with Gasteiger partial charge in [-0.15, -0.1) is 0 Å². The number of ether oxygens (including phenoxy) is 1. The van der Waals surface area contributed by atoms with Crippen LogP contribution in [0.3, 0.4) is 0 Å². The molecule has 2 aliphatic heterocycles. The van der Waals surface area contributed by atoms with Crippen molar-refractivity contribution in [1.29, 1.82) is 0 Å². The molecule has 2 saturated heterocycles. The lowest BCUT2D eigenvalue weighted by Crippen LogP contribution is -2.50. The largest absolute Gasteiger partial charge is 0.444 e. The zero-order valence-corrected chi connectivity index (χ0v) is 15.5. The fourth-order valence-electron chi connectivity index (χ4n) is 3.31. The van der Waals surface area contributed by atoms with Gasteiger partial charge in [0, 0.05) is 31.0 Å². The zero-order valence-electron chi connectivity index (χ0n) is 15.5. The monoisotopic (exact) mass is 380 g/mol. The molecule has 1 aromatic rings. The molecule has 8 heteroatoms. The second kappa shape index (κ2) is 6.90. The Labute approximate surface area is 155 Å². The van der Waals surface area contributed by atoms with E-state index >= 15 is 0 Å². The molecule has 27 heavy (non-hydrogen) atoms. The van der Waals surface area contributed by atoms with Gasteiger partial charge >= 0.3 is 6.09 Å². The minimum Gasteiger partial charge on any atom is -0.444 e. The summed E-state index contributed by atoms with van der Waals surface area (Å²) < 4.78 is 34.4. The molecule has 3 rings (SSSR count). The predicted octanol–water partition coefficient (Wildman–Crippen LogP) is 2.82. The first-order valence-electron chi connectivity index (χ1n) is 8.85. The molecule has 6 nitrogen and oxygen atoms in total. The highest BCUT2D eigenvalue weighted by Crippen LogP contribution is 2.34. The van der Waals surface area contributed by atoms with E-state index in [4.69, 9.17) is 4.74 Å². The maximum Gasteiger partial charge on any atom is 0.410 e. The van der Waals surface area contributed by atoms with E-state index in [1.807, 2.05) is 0 Å². The third kappa shape index (κ3) is 4.09. The minimum absolute atomic E-state index is 0.0461. The fraction of sp³-hybridized carbons (Fsp3) is 0.526. The van der Waals surface area contributed by atoms with Crippen LogP contribution in [0.1, 0.15) is 56.6 Å². The summed E-state index contributed by atoms with van der Waals surface area (Å²) in [6, 6.07) is 2.42. The molecule has 0 aliphatic carbocycles. The van der Waals surface area contributed by atoms with Crippen LogP contribution in [0, 0.1) is 11.6 Å². The maximum atomic E-state index is 14.6. The van der Waals surface area contributed by atoms with Crippen LogP contribution >= 0.6 is 0 Å². The topological polar surface area (TPSA) is 75.7 Å². The average molecular weight is 380 g/mol. The van der Waals surface area contributed by atoms with Crippen molar-refractivity contribution in [2.24, 2.45) is 0 Å². The molecule has 2 heterocycles. The van der Waals surface area contributed by atoms with E-state index in [0.717, 1.165) is 0 Å². The van der Waals surface area contributed by atoms with Gasteiger partial charge in [-0.2, -0.15) is 0 Å². The molecular formula is C19H22F2N2O4. The molecule has 0 bridgehead atoms. The van der Waals surface area contributed by atoms with Crippen molar-refractivity contribution < 1.29 is 27.9 Å². The second-order valence-corrected chi connectivity index (χ2v) is 7.98. The van der Waals surface area contributed by atoms with Gasteiger partial charge in [0.2, 0.25) is 11.8 Å². The van der Waals surface area contributed by atoms with Gasteiger partial charge in [-0.3, -0.25) is 14.9 Å². The third-order valence-electron chi connectivity index (χ3n) is 4.69. The van der Waals surface area contributed by atoms with E-state index in [9.17, 15) is 23.2 Å². The number of rotatable bonds is 2. The number of piperidine rings is 1. The molecule has 3 amide bonds. The number of amides is 3. The van der Waals surface area contributed by atoms with E-state index < -0.39 is 41.1 Å². The highest BCUT2D eigenvalue weighted by atomic mass is 19.1. The lowest BCUT2D eigenvalue weighted by Gasteiger charge is -2.40. The highest BCUT2D eigenvalue weighted by molar-refractivity contribution is 6.01. The molecule has 146 valence electrons. The number of nitrogens with one attached hydrogen (secondary N) is 1. The van der Waals surface area contributed by atoms with Gasteiger partial charge in [0.15, 0.2) is 0 Å². The van der Waals surface area contributed by atoms with E-state index in [2.05, 4.69) is 5.32 Å². The summed E-state index contributed by atoms with van der Waals surface area (Å²) in [5.74, 6) is -3.96. The number of halogens is 2. The molecule has 1 N–H and O–H groups in total. The first kappa shape index (κ1) is 19.3. The van der Waals surface area contributed by atoms with Crippen molar-refractivity contribution >= 4 is 17.9 Å². The first-order valence-corrected chi connectivity index (χ1v) is 8.85. The third-order valence-corrected chi connectivity index (χ3v) is 4.69. The van der Waals surface area contributed by atoms with Crippen LogP contribution in [0.2, 0.25) is 0 Å². The fourth-order valence-corrected chi connectivity index (χ4v) is 3.31. The summed E-state index contributed by atoms with van der Waals surface area (Å²) in [6.45, 7) is 5.92. The number of carbonyl (C=O) groups is 3. The summed E-state index contributed by atoms with van der Waals surface area (Å²) in [5, 5.41) is 2.11. The SMILES string of the molecule is CC(C)(C)OC(=O)N1CC(c2cc(F)c(C3CCC(=O)NC3=O)c(F)c2)C1. The number of nitrogens with zero attached hydrogens (tertiary/aromatic N) is 1. The lowest BCUT2D eigenvalue weighted by molar-refractivity contribution is -0.134. The normalized spacial score (nSPS) is 20.9. The van der Waals surface area contributed by atoms with E-state index in [-0.39, 0.29) is 24.3 Å². The molecule has 1 unspecified atom stereocenters. The standard InChI is InChI=1S/C19H22F2N2O4/c1-19(2,3)27-18(26)23-8-11(9-23)10-6-13(20)16(14(21)7-10)12-4-5-15(24)22-17(12)25/h6-7,11-12H,4-5,8-9H2,1-3H3,(H,22,24,25). The van der Waals surface area contributed by atoms with Crippen LogP contribution in [0.4, 0.5) is 13.6 Å². The van der Waals surface area contributed by atoms with Crippen molar-refractivity contribution in [2.75, 3.05) is 13.1 Å². The molecule has 1 aromatic carbocycles. The number of hydrogen-bond donors (Lipinski definition) is 1. The number of carbonyl (C=O) groups excluding carboxylic acids is 3. The highest BCUT2D eigenvalue weighted by Gasteiger charge is 2.37. The Balaban J connectivity index is 1.70. The summed E-state index contributed by atoms with van der Waals surface area (Å²) in [6.07, 6.45) is -0.335. The smallest absolute Gasteiger partial charge is 0.410 e. The van der Waals surface area contributed by atoms with Crippen LogP contribution in [0.15, 0.2) is 12.1 Å². The Morgan fingerprint density at radius 1 is 1.19 bits per heavy atom. The van der Waals surface area contributed by atoms with Crippen molar-refractivity contribution in [3.05, 3.63) is 34.9 Å². The molecule has 0 saturated carbocycles. The van der Waals surface area contributed by atoms with E-state index in [0.29, 0.717) is 18.7 Å². The Bertz CT molecular complexity index is 774. The number of hydrogen-bond acceptors (Lipinski definition) is 4. The molecule has 0 aromatic heterocycles. The zero-order chi connectivity index (χ0) is 19.9. The van der Waals surface area contributed by atoms with Crippen LogP contribution in [0.25, 0.3) is 0 Å². The number of benzene rings is 1. The van der Waals surface area contributed by atoms with Crippen molar-refractivity contribution in [3.63, 3.8) is 0 Å². The van der Waals surface area contributed by atoms with Gasteiger partial charge in [0.05, 0.1) is 5.92 Å².